The largest absolute Gasteiger partial charge is 0.679 e. The molecule has 0 radical (unpaired) electrons. The Morgan fingerprint density at radius 2 is 1.46 bits per heavy atom. The maximum absolute atomic E-state index is 12.9. The summed E-state index contributed by atoms with van der Waals surface area (Å²) in [4.78, 5) is 12.9. The van der Waals surface area contributed by atoms with Crippen molar-refractivity contribution in [3.05, 3.63) is 53.1 Å². The van der Waals surface area contributed by atoms with Gasteiger partial charge in [-0.25, -0.2) is 0 Å². The highest BCUT2D eigenvalue weighted by atomic mass is 28.4. The van der Waals surface area contributed by atoms with E-state index in [1.807, 2.05) is 63.2 Å². The fourth-order valence-electron chi connectivity index (χ4n) is 3.16. The molecule has 2 aromatic carbocycles. The Balaban J connectivity index is 1.89. The van der Waals surface area contributed by atoms with Gasteiger partial charge in [0.25, 0.3) is 0 Å². The van der Waals surface area contributed by atoms with Crippen LogP contribution < -0.4 is 0 Å². The minimum Gasteiger partial charge on any atom is -0.351 e. The molecule has 0 saturated heterocycles. The Bertz CT molecular complexity index is 808. The number of rotatable bonds is 9. The first-order valence-corrected chi connectivity index (χ1v) is 10.6. The summed E-state index contributed by atoms with van der Waals surface area (Å²) < 4.78 is 23.0. The molecule has 0 spiro atoms. The van der Waals surface area contributed by atoms with Gasteiger partial charge in [0.15, 0.2) is 5.78 Å². The summed E-state index contributed by atoms with van der Waals surface area (Å²) >= 11 is 0. The maximum atomic E-state index is 12.9. The Kier molecular flexibility index (Phi) is 6.00. The van der Waals surface area contributed by atoms with Gasteiger partial charge >= 0.3 is 9.05 Å². The van der Waals surface area contributed by atoms with Crippen LogP contribution in [0.2, 0.25) is 0 Å². The highest BCUT2D eigenvalue weighted by molar-refractivity contribution is 6.53. The summed E-state index contributed by atoms with van der Waals surface area (Å²) in [5, 5.41) is 2.05. The molecule has 0 amide bonds. The Hall–Kier alpha value is -1.83. The molecular formula is C20H24O5Si. The maximum Gasteiger partial charge on any atom is 0.679 e. The van der Waals surface area contributed by atoms with Crippen molar-refractivity contribution < 1.29 is 22.5 Å². The molecule has 2 aromatic rings. The molecule has 0 bridgehead atoms. The van der Waals surface area contributed by atoms with Crippen LogP contribution in [-0.4, -0.2) is 41.3 Å². The second-order valence-corrected chi connectivity index (χ2v) is 7.99. The van der Waals surface area contributed by atoms with Gasteiger partial charge in [-0.1, -0.05) is 36.4 Å². The molecule has 0 fully saturated rings. The molecule has 0 aromatic heterocycles. The van der Waals surface area contributed by atoms with Gasteiger partial charge in [0.2, 0.25) is 0 Å². The quantitative estimate of drug-likeness (QED) is 0.623. The van der Waals surface area contributed by atoms with E-state index in [-0.39, 0.29) is 12.4 Å². The number of hydrogen-bond donors (Lipinski definition) is 0. The summed E-state index contributed by atoms with van der Waals surface area (Å²) in [6.45, 7) is 6.95. The van der Waals surface area contributed by atoms with Crippen molar-refractivity contribution in [3.8, 4) is 0 Å². The van der Waals surface area contributed by atoms with E-state index in [0.717, 1.165) is 16.3 Å². The van der Waals surface area contributed by atoms with Crippen molar-refractivity contribution in [1.82, 2.24) is 0 Å². The van der Waals surface area contributed by atoms with Crippen LogP contribution in [0.25, 0.3) is 16.8 Å². The average molecular weight is 372 g/mol. The second kappa shape index (κ2) is 8.24. The van der Waals surface area contributed by atoms with E-state index in [1.54, 1.807) is 0 Å². The molecule has 0 aliphatic heterocycles. The van der Waals surface area contributed by atoms with Crippen molar-refractivity contribution >= 4 is 31.7 Å². The van der Waals surface area contributed by atoms with Gasteiger partial charge in [0.05, 0.1) is 6.61 Å². The molecular weight excluding hydrogens is 348 g/mol. The van der Waals surface area contributed by atoms with Crippen LogP contribution in [0.5, 0.6) is 0 Å². The number of ketones is 1. The van der Waals surface area contributed by atoms with Crippen molar-refractivity contribution in [3.63, 3.8) is 0 Å². The van der Waals surface area contributed by atoms with Crippen LogP contribution in [0.3, 0.4) is 0 Å². The van der Waals surface area contributed by atoms with Gasteiger partial charge in [0.1, 0.15) is 0 Å². The topological polar surface area (TPSA) is 54.0 Å². The number of hydrogen-bond acceptors (Lipinski definition) is 5. The lowest BCUT2D eigenvalue weighted by Crippen LogP contribution is -2.50. The van der Waals surface area contributed by atoms with Crippen LogP contribution in [0.4, 0.5) is 0 Å². The van der Waals surface area contributed by atoms with Crippen molar-refractivity contribution in [2.24, 2.45) is 0 Å². The van der Waals surface area contributed by atoms with Crippen molar-refractivity contribution in [2.45, 2.75) is 20.8 Å². The van der Waals surface area contributed by atoms with Gasteiger partial charge < -0.3 is 17.7 Å². The normalized spacial score (nSPS) is 14.0. The third-order valence-corrected chi connectivity index (χ3v) is 6.60. The van der Waals surface area contributed by atoms with E-state index in [1.165, 1.54) is 0 Å². The highest BCUT2D eigenvalue weighted by Gasteiger charge is 2.45. The van der Waals surface area contributed by atoms with Crippen LogP contribution in [-0.2, 0) is 17.7 Å². The van der Waals surface area contributed by atoms with Gasteiger partial charge in [-0.2, -0.15) is 0 Å². The van der Waals surface area contributed by atoms with E-state index in [4.69, 9.17) is 17.7 Å². The standard InChI is InChI=1S/C20H24O5Si/c1-4-22-26(23-5-2,24-6-3)25-14-17-13-16-11-7-9-15-10-8-12-18(19(15)16)20(17)21/h7-13H,4-6,14H2,1-3H3. The Labute approximate surface area is 155 Å². The molecule has 0 atom stereocenters. The molecule has 26 heavy (non-hydrogen) atoms. The van der Waals surface area contributed by atoms with E-state index in [2.05, 4.69) is 0 Å². The molecule has 6 heteroatoms. The van der Waals surface area contributed by atoms with Crippen molar-refractivity contribution in [2.75, 3.05) is 26.4 Å². The van der Waals surface area contributed by atoms with Gasteiger partial charge in [-0.05, 0) is 37.8 Å². The molecule has 138 valence electrons. The highest BCUT2D eigenvalue weighted by Crippen LogP contribution is 2.31. The first-order chi connectivity index (χ1) is 12.6. The molecule has 5 nitrogen and oxygen atoms in total. The average Bonchev–Trinajstić information content (AvgIpc) is 2.64. The first-order valence-electron chi connectivity index (χ1n) is 8.97. The van der Waals surface area contributed by atoms with Gasteiger partial charge in [0, 0.05) is 36.3 Å². The van der Waals surface area contributed by atoms with E-state index in [0.29, 0.717) is 31.0 Å². The third-order valence-electron chi connectivity index (χ3n) is 4.17. The monoisotopic (exact) mass is 372 g/mol. The number of carbonyl (C=O) groups is 1. The van der Waals surface area contributed by atoms with Crippen LogP contribution in [0.1, 0.15) is 36.7 Å². The predicted octanol–water partition coefficient (Wildman–Crippen LogP) is 3.98. The summed E-state index contributed by atoms with van der Waals surface area (Å²) in [6.07, 6.45) is 1.89. The lowest BCUT2D eigenvalue weighted by atomic mass is 9.88. The smallest absolute Gasteiger partial charge is 0.351 e. The van der Waals surface area contributed by atoms with Gasteiger partial charge in [-0.3, -0.25) is 4.79 Å². The molecule has 3 rings (SSSR count). The zero-order valence-electron chi connectivity index (χ0n) is 15.4. The SMILES string of the molecule is CCO[Si](OCC)(OCC)OCC1=Cc2cccc3cccc(c23)C1=O. The molecule has 1 aliphatic carbocycles. The lowest BCUT2D eigenvalue weighted by molar-refractivity contribution is -0.0225. The third kappa shape index (κ3) is 3.65. The minimum absolute atomic E-state index is 0.0262. The molecule has 1 aliphatic rings. The van der Waals surface area contributed by atoms with Crippen LogP contribution in [0, 0.1) is 0 Å². The second-order valence-electron chi connectivity index (χ2n) is 5.84. The van der Waals surface area contributed by atoms with Crippen LogP contribution >= 0.6 is 0 Å². The first kappa shape index (κ1) is 18.9. The zero-order valence-corrected chi connectivity index (χ0v) is 16.4. The number of Topliss-reactive ketones (excluding diaryl/α,β-unsaturated/α-hetero) is 1. The van der Waals surface area contributed by atoms with Crippen molar-refractivity contribution in [1.29, 1.82) is 0 Å². The fourth-order valence-corrected chi connectivity index (χ4v) is 5.05. The number of carbonyl (C=O) groups excluding carboxylic acids is 1. The summed E-state index contributed by atoms with van der Waals surface area (Å²) in [5.74, 6) is -0.0262. The van der Waals surface area contributed by atoms with E-state index in [9.17, 15) is 4.79 Å². The summed E-state index contributed by atoms with van der Waals surface area (Å²) in [6, 6.07) is 11.8. The fraction of sp³-hybridized carbons (Fsp3) is 0.350. The predicted molar refractivity (Wildman–Crippen MR) is 103 cm³/mol. The van der Waals surface area contributed by atoms with Gasteiger partial charge in [-0.15, -0.1) is 0 Å². The molecule has 0 heterocycles. The van der Waals surface area contributed by atoms with E-state index < -0.39 is 9.05 Å². The lowest BCUT2D eigenvalue weighted by Gasteiger charge is -2.27. The van der Waals surface area contributed by atoms with E-state index >= 15 is 0 Å². The molecule has 0 saturated carbocycles. The molecule has 0 unspecified atom stereocenters. The van der Waals surface area contributed by atoms with Crippen LogP contribution in [0.15, 0.2) is 42.0 Å². The Morgan fingerprint density at radius 3 is 2.08 bits per heavy atom. The minimum atomic E-state index is -3.26. The summed E-state index contributed by atoms with van der Waals surface area (Å²) in [5.41, 5.74) is 2.30. The zero-order chi connectivity index (χ0) is 18.6. The summed E-state index contributed by atoms with van der Waals surface area (Å²) in [7, 11) is -3.26. The number of benzene rings is 2. The Morgan fingerprint density at radius 1 is 0.846 bits per heavy atom. The molecule has 0 N–H and O–H groups in total.